The number of benzene rings is 3. The van der Waals surface area contributed by atoms with E-state index in [2.05, 4.69) is 39.1 Å². The van der Waals surface area contributed by atoms with Crippen molar-refractivity contribution < 1.29 is 4.79 Å². The van der Waals surface area contributed by atoms with Gasteiger partial charge >= 0.3 is 0 Å². The number of H-pyrrole nitrogens is 1. The van der Waals surface area contributed by atoms with E-state index in [1.165, 1.54) is 0 Å². The van der Waals surface area contributed by atoms with Gasteiger partial charge in [0.1, 0.15) is 5.82 Å². The first-order chi connectivity index (χ1) is 16.4. The summed E-state index contributed by atoms with van der Waals surface area (Å²) in [5, 5.41) is 3.90. The highest BCUT2D eigenvalue weighted by atomic mass is 35.5. The van der Waals surface area contributed by atoms with Crippen LogP contribution < -0.4 is 10.2 Å². The van der Waals surface area contributed by atoms with E-state index in [-0.39, 0.29) is 5.91 Å². The number of hydrogen-bond donors (Lipinski definition) is 2. The lowest BCUT2D eigenvalue weighted by atomic mass is 10.1. The molecule has 1 aliphatic heterocycles. The predicted molar refractivity (Wildman–Crippen MR) is 140 cm³/mol. The Morgan fingerprint density at radius 2 is 1.88 bits per heavy atom. The van der Waals surface area contributed by atoms with E-state index in [0.717, 1.165) is 36.4 Å². The first-order valence-corrected chi connectivity index (χ1v) is 12.0. The molecule has 2 heterocycles. The van der Waals surface area contributed by atoms with Crippen LogP contribution in [-0.2, 0) is 0 Å². The van der Waals surface area contributed by atoms with Crippen molar-refractivity contribution in [2.75, 3.05) is 36.9 Å². The number of amides is 1. The molecule has 0 unspecified atom stereocenters. The molecular weight excluding hydrogens is 469 g/mol. The van der Waals surface area contributed by atoms with Crippen LogP contribution in [0.15, 0.2) is 60.7 Å². The summed E-state index contributed by atoms with van der Waals surface area (Å²) in [6, 6.07) is 19.2. The van der Waals surface area contributed by atoms with Gasteiger partial charge in [0.05, 0.1) is 26.6 Å². The molecule has 3 aromatic carbocycles. The van der Waals surface area contributed by atoms with Crippen molar-refractivity contribution in [1.82, 2.24) is 14.9 Å². The van der Waals surface area contributed by atoms with Gasteiger partial charge in [-0.05, 0) is 62.5 Å². The molecule has 34 heavy (non-hydrogen) atoms. The predicted octanol–water partition coefficient (Wildman–Crippen LogP) is 5.93. The van der Waals surface area contributed by atoms with E-state index in [4.69, 9.17) is 23.2 Å². The van der Waals surface area contributed by atoms with Crippen LogP contribution >= 0.6 is 23.2 Å². The number of piperazine rings is 1. The van der Waals surface area contributed by atoms with E-state index in [1.807, 2.05) is 42.5 Å². The number of fused-ring (bicyclic) bond motifs is 1. The minimum absolute atomic E-state index is 0.277. The highest BCUT2D eigenvalue weighted by Crippen LogP contribution is 2.31. The lowest BCUT2D eigenvalue weighted by Gasteiger charge is -2.39. The van der Waals surface area contributed by atoms with Gasteiger partial charge in [-0.3, -0.25) is 4.79 Å². The van der Waals surface area contributed by atoms with Gasteiger partial charge in [0.25, 0.3) is 5.91 Å². The van der Waals surface area contributed by atoms with E-state index in [9.17, 15) is 4.79 Å². The number of aromatic nitrogens is 2. The first-order valence-electron chi connectivity index (χ1n) is 11.2. The molecule has 1 saturated heterocycles. The normalized spacial score (nSPS) is 16.7. The summed E-state index contributed by atoms with van der Waals surface area (Å²) in [7, 11) is 2.14. The number of aromatic amines is 1. The van der Waals surface area contributed by atoms with Gasteiger partial charge in [-0.2, -0.15) is 0 Å². The quantitative estimate of drug-likeness (QED) is 0.369. The number of carbonyl (C=O) groups excluding carboxylic acids is 1. The zero-order chi connectivity index (χ0) is 23.8. The lowest BCUT2D eigenvalue weighted by Crippen LogP contribution is -2.50. The number of anilines is 2. The topological polar surface area (TPSA) is 64.3 Å². The molecule has 1 atom stereocenters. The number of para-hydroxylation sites is 2. The van der Waals surface area contributed by atoms with Gasteiger partial charge in [0, 0.05) is 42.6 Å². The molecule has 8 heteroatoms. The third-order valence-electron chi connectivity index (χ3n) is 6.39. The first kappa shape index (κ1) is 22.7. The number of likely N-dealkylation sites (N-methyl/N-ethyl adjacent to an activating group) is 1. The average Bonchev–Trinajstić information content (AvgIpc) is 3.26. The number of rotatable bonds is 4. The summed E-state index contributed by atoms with van der Waals surface area (Å²) in [5.74, 6) is 0.368. The standard InChI is InChI=1S/C26H25Cl2N5O/c1-16-15-33(12-11-32(16)2)18-8-9-19(22(28)14-18)26(34)29-17-7-10-21(27)20(13-17)25-30-23-5-3-4-6-24(23)31-25/h3-10,13-14,16H,11-12,15H2,1-2H3,(H,29,34)(H,30,31)/t16-/m0/s1. The molecule has 0 aliphatic carbocycles. The third-order valence-corrected chi connectivity index (χ3v) is 7.03. The number of carbonyl (C=O) groups is 1. The molecule has 2 N–H and O–H groups in total. The molecular formula is C26H25Cl2N5O. The highest BCUT2D eigenvalue weighted by molar-refractivity contribution is 6.35. The van der Waals surface area contributed by atoms with Gasteiger partial charge in [-0.25, -0.2) is 4.98 Å². The van der Waals surface area contributed by atoms with Crippen molar-refractivity contribution in [3.05, 3.63) is 76.3 Å². The Balaban J connectivity index is 1.36. The van der Waals surface area contributed by atoms with Crippen molar-refractivity contribution in [3.63, 3.8) is 0 Å². The number of nitrogens with one attached hydrogen (secondary N) is 2. The van der Waals surface area contributed by atoms with Crippen molar-refractivity contribution in [2.45, 2.75) is 13.0 Å². The summed E-state index contributed by atoms with van der Waals surface area (Å²) in [4.78, 5) is 25.6. The molecule has 1 fully saturated rings. The van der Waals surface area contributed by atoms with Crippen LogP contribution in [0.3, 0.4) is 0 Å². The van der Waals surface area contributed by atoms with Crippen LogP contribution in [0.5, 0.6) is 0 Å². The molecule has 0 radical (unpaired) electrons. The summed E-state index contributed by atoms with van der Waals surface area (Å²) < 4.78 is 0. The second kappa shape index (κ2) is 9.29. The summed E-state index contributed by atoms with van der Waals surface area (Å²) in [6.45, 7) is 5.05. The lowest BCUT2D eigenvalue weighted by molar-refractivity contribution is 0.102. The Kier molecular flexibility index (Phi) is 6.21. The minimum Gasteiger partial charge on any atom is -0.369 e. The van der Waals surface area contributed by atoms with Gasteiger partial charge in [0.15, 0.2) is 0 Å². The molecule has 174 valence electrons. The fraction of sp³-hybridized carbons (Fsp3) is 0.231. The van der Waals surface area contributed by atoms with E-state index in [0.29, 0.717) is 38.7 Å². The van der Waals surface area contributed by atoms with E-state index in [1.54, 1.807) is 18.2 Å². The molecule has 0 saturated carbocycles. The zero-order valence-corrected chi connectivity index (χ0v) is 20.5. The van der Waals surface area contributed by atoms with Crippen LogP contribution in [0.4, 0.5) is 11.4 Å². The maximum atomic E-state index is 13.0. The Morgan fingerprint density at radius 1 is 1.06 bits per heavy atom. The molecule has 0 spiro atoms. The van der Waals surface area contributed by atoms with Gasteiger partial charge in [-0.1, -0.05) is 35.3 Å². The molecule has 5 rings (SSSR count). The Hall–Kier alpha value is -3.06. The number of nitrogens with zero attached hydrogens (tertiary/aromatic N) is 3. The van der Waals surface area contributed by atoms with Crippen molar-refractivity contribution >= 4 is 51.5 Å². The monoisotopic (exact) mass is 493 g/mol. The summed E-state index contributed by atoms with van der Waals surface area (Å²) >= 11 is 13.0. The molecule has 0 bridgehead atoms. The summed E-state index contributed by atoms with van der Waals surface area (Å²) in [6.07, 6.45) is 0. The third kappa shape index (κ3) is 4.49. The smallest absolute Gasteiger partial charge is 0.257 e. The number of hydrogen-bond acceptors (Lipinski definition) is 4. The SMILES string of the molecule is C[C@H]1CN(c2ccc(C(=O)Nc3ccc(Cl)c(-c4nc5ccccc5[nH]4)c3)c(Cl)c2)CCN1C. The van der Waals surface area contributed by atoms with Crippen LogP contribution in [0.25, 0.3) is 22.4 Å². The molecule has 4 aromatic rings. The fourth-order valence-corrected chi connectivity index (χ4v) is 4.70. The maximum Gasteiger partial charge on any atom is 0.257 e. The van der Waals surface area contributed by atoms with Gasteiger partial charge in [0.2, 0.25) is 0 Å². The second-order valence-electron chi connectivity index (χ2n) is 8.69. The second-order valence-corrected chi connectivity index (χ2v) is 9.51. The van der Waals surface area contributed by atoms with E-state index < -0.39 is 0 Å². The molecule has 1 aromatic heterocycles. The van der Waals surface area contributed by atoms with Crippen LogP contribution in [0.1, 0.15) is 17.3 Å². The highest BCUT2D eigenvalue weighted by Gasteiger charge is 2.22. The fourth-order valence-electron chi connectivity index (χ4n) is 4.23. The van der Waals surface area contributed by atoms with E-state index >= 15 is 0 Å². The number of halogens is 2. The van der Waals surface area contributed by atoms with Crippen molar-refractivity contribution in [3.8, 4) is 11.4 Å². The largest absolute Gasteiger partial charge is 0.369 e. The Labute approximate surface area is 208 Å². The van der Waals surface area contributed by atoms with Gasteiger partial charge in [-0.15, -0.1) is 0 Å². The number of imidazole rings is 1. The average molecular weight is 494 g/mol. The van der Waals surface area contributed by atoms with Crippen molar-refractivity contribution in [2.24, 2.45) is 0 Å². The summed E-state index contributed by atoms with van der Waals surface area (Å²) in [5.41, 5.74) is 4.54. The maximum absolute atomic E-state index is 13.0. The van der Waals surface area contributed by atoms with Crippen LogP contribution in [0, 0.1) is 0 Å². The Morgan fingerprint density at radius 3 is 2.65 bits per heavy atom. The zero-order valence-electron chi connectivity index (χ0n) is 19.0. The Bertz CT molecular complexity index is 1340. The van der Waals surface area contributed by atoms with Crippen LogP contribution in [-0.4, -0.2) is 53.5 Å². The minimum atomic E-state index is -0.277. The molecule has 1 aliphatic rings. The van der Waals surface area contributed by atoms with Crippen molar-refractivity contribution in [1.29, 1.82) is 0 Å². The van der Waals surface area contributed by atoms with Crippen LogP contribution in [0.2, 0.25) is 10.0 Å². The molecule has 1 amide bonds. The molecule has 6 nitrogen and oxygen atoms in total. The van der Waals surface area contributed by atoms with Gasteiger partial charge < -0.3 is 20.1 Å².